The molecule has 0 aliphatic carbocycles. The minimum Gasteiger partial charge on any atom is -0.497 e. The average molecular weight is 414 g/mol. The van der Waals surface area contributed by atoms with Crippen LogP contribution >= 0.6 is 0 Å². The summed E-state index contributed by atoms with van der Waals surface area (Å²) in [5.74, 6) is 1.10. The molecule has 0 bridgehead atoms. The molecule has 1 aliphatic heterocycles. The van der Waals surface area contributed by atoms with Crippen LogP contribution in [-0.4, -0.2) is 18.9 Å². The highest BCUT2D eigenvalue weighted by molar-refractivity contribution is 6.14. The van der Waals surface area contributed by atoms with E-state index in [1.54, 1.807) is 43.5 Å². The molecule has 5 nitrogen and oxygen atoms in total. The van der Waals surface area contributed by atoms with Gasteiger partial charge in [-0.15, -0.1) is 0 Å². The van der Waals surface area contributed by atoms with Gasteiger partial charge in [-0.05, 0) is 53.5 Å². The van der Waals surface area contributed by atoms with Gasteiger partial charge in [0, 0.05) is 6.07 Å². The fourth-order valence-electron chi connectivity index (χ4n) is 3.31. The summed E-state index contributed by atoms with van der Waals surface area (Å²) in [6, 6.07) is 20.0. The standard InChI is InChI=1S/C26H22O5/c1-3-17-4-6-18(7-5-17)14-24-26(28)22-13-12-21(16-23(22)31-24)30-25(27)15-19-8-10-20(29-2)11-9-19/h4-14,16H,3,15H2,1-2H3/b24-14-. The minimum atomic E-state index is -0.402. The number of methoxy groups -OCH3 is 1. The molecule has 1 aliphatic rings. The third-order valence-electron chi connectivity index (χ3n) is 5.07. The molecule has 0 unspecified atom stereocenters. The smallest absolute Gasteiger partial charge is 0.315 e. The van der Waals surface area contributed by atoms with Crippen LogP contribution in [0.4, 0.5) is 0 Å². The Balaban J connectivity index is 1.44. The molecule has 0 radical (unpaired) electrons. The van der Waals surface area contributed by atoms with Crippen LogP contribution in [0.3, 0.4) is 0 Å². The summed E-state index contributed by atoms with van der Waals surface area (Å²) in [4.78, 5) is 24.9. The SMILES string of the molecule is CCc1ccc(/C=C2\Oc3cc(OC(=O)Cc4ccc(OC)cc4)ccc3C2=O)cc1. The van der Waals surface area contributed by atoms with Crippen molar-refractivity contribution in [1.82, 2.24) is 0 Å². The lowest BCUT2D eigenvalue weighted by molar-refractivity contribution is -0.133. The number of Topliss-reactive ketones (excluding diaryl/α,β-unsaturated/α-hetero) is 1. The van der Waals surface area contributed by atoms with Crippen LogP contribution in [0.25, 0.3) is 6.08 Å². The number of carbonyl (C=O) groups is 2. The van der Waals surface area contributed by atoms with E-state index in [1.165, 1.54) is 5.56 Å². The molecule has 156 valence electrons. The van der Waals surface area contributed by atoms with E-state index in [1.807, 2.05) is 36.4 Å². The van der Waals surface area contributed by atoms with Crippen molar-refractivity contribution in [2.45, 2.75) is 19.8 Å². The number of ether oxygens (including phenoxy) is 3. The molecular weight excluding hydrogens is 392 g/mol. The second-order valence-electron chi connectivity index (χ2n) is 7.19. The fourth-order valence-corrected chi connectivity index (χ4v) is 3.31. The highest BCUT2D eigenvalue weighted by Gasteiger charge is 2.28. The van der Waals surface area contributed by atoms with Crippen molar-refractivity contribution < 1.29 is 23.8 Å². The molecule has 1 heterocycles. The normalized spacial score (nSPS) is 13.6. The summed E-state index contributed by atoms with van der Waals surface area (Å²) >= 11 is 0. The van der Waals surface area contributed by atoms with Gasteiger partial charge in [0.2, 0.25) is 5.78 Å². The van der Waals surface area contributed by atoms with Gasteiger partial charge in [0.25, 0.3) is 0 Å². The predicted octanol–water partition coefficient (Wildman–Crippen LogP) is 5.02. The summed E-state index contributed by atoms with van der Waals surface area (Å²) < 4.78 is 16.3. The lowest BCUT2D eigenvalue weighted by Crippen LogP contribution is -2.11. The van der Waals surface area contributed by atoms with E-state index in [9.17, 15) is 9.59 Å². The van der Waals surface area contributed by atoms with Crippen molar-refractivity contribution >= 4 is 17.8 Å². The van der Waals surface area contributed by atoms with Crippen LogP contribution in [-0.2, 0) is 17.6 Å². The number of esters is 1. The summed E-state index contributed by atoms with van der Waals surface area (Å²) in [6.45, 7) is 2.09. The number of rotatable bonds is 6. The third-order valence-corrected chi connectivity index (χ3v) is 5.07. The molecule has 0 fully saturated rings. The largest absolute Gasteiger partial charge is 0.497 e. The van der Waals surface area contributed by atoms with Gasteiger partial charge in [0.15, 0.2) is 5.76 Å². The molecule has 31 heavy (non-hydrogen) atoms. The lowest BCUT2D eigenvalue weighted by atomic mass is 10.1. The summed E-state index contributed by atoms with van der Waals surface area (Å²) in [7, 11) is 1.59. The number of aryl methyl sites for hydroxylation is 1. The molecule has 0 atom stereocenters. The Kier molecular flexibility index (Phi) is 5.85. The average Bonchev–Trinajstić information content (AvgIpc) is 3.09. The maximum atomic E-state index is 12.6. The maximum absolute atomic E-state index is 12.6. The van der Waals surface area contributed by atoms with E-state index in [-0.39, 0.29) is 18.0 Å². The van der Waals surface area contributed by atoms with Crippen molar-refractivity contribution in [1.29, 1.82) is 0 Å². The van der Waals surface area contributed by atoms with E-state index in [0.29, 0.717) is 17.1 Å². The molecular formula is C26H22O5. The quantitative estimate of drug-likeness (QED) is 0.322. The Morgan fingerprint density at radius 2 is 1.61 bits per heavy atom. The molecule has 3 aromatic carbocycles. The van der Waals surface area contributed by atoms with Crippen molar-refractivity contribution in [3.8, 4) is 17.2 Å². The highest BCUT2D eigenvalue weighted by Crippen LogP contribution is 2.35. The zero-order valence-corrected chi connectivity index (χ0v) is 17.4. The molecule has 0 aromatic heterocycles. The molecule has 0 saturated carbocycles. The van der Waals surface area contributed by atoms with E-state index < -0.39 is 5.97 Å². The summed E-state index contributed by atoms with van der Waals surface area (Å²) in [5, 5.41) is 0. The van der Waals surface area contributed by atoms with Crippen molar-refractivity contribution in [3.63, 3.8) is 0 Å². The Hall–Kier alpha value is -3.86. The number of hydrogen-bond acceptors (Lipinski definition) is 5. The van der Waals surface area contributed by atoms with Crippen LogP contribution in [0.5, 0.6) is 17.2 Å². The number of fused-ring (bicyclic) bond motifs is 1. The van der Waals surface area contributed by atoms with Gasteiger partial charge < -0.3 is 14.2 Å². The zero-order chi connectivity index (χ0) is 21.8. The Morgan fingerprint density at radius 1 is 0.935 bits per heavy atom. The van der Waals surface area contributed by atoms with E-state index in [0.717, 1.165) is 23.3 Å². The van der Waals surface area contributed by atoms with Gasteiger partial charge in [-0.25, -0.2) is 0 Å². The van der Waals surface area contributed by atoms with Gasteiger partial charge in [-0.1, -0.05) is 43.3 Å². The maximum Gasteiger partial charge on any atom is 0.315 e. The van der Waals surface area contributed by atoms with Gasteiger partial charge >= 0.3 is 5.97 Å². The zero-order valence-electron chi connectivity index (χ0n) is 17.4. The first-order valence-electron chi connectivity index (χ1n) is 10.1. The summed E-state index contributed by atoms with van der Waals surface area (Å²) in [5.41, 5.74) is 3.38. The van der Waals surface area contributed by atoms with Crippen LogP contribution < -0.4 is 14.2 Å². The Labute approximate surface area is 180 Å². The van der Waals surface area contributed by atoms with Crippen LogP contribution in [0.15, 0.2) is 72.5 Å². The molecule has 0 saturated heterocycles. The molecule has 0 spiro atoms. The van der Waals surface area contributed by atoms with E-state index in [4.69, 9.17) is 14.2 Å². The lowest BCUT2D eigenvalue weighted by Gasteiger charge is -2.06. The molecule has 5 heteroatoms. The third kappa shape index (κ3) is 4.67. The second-order valence-corrected chi connectivity index (χ2v) is 7.19. The molecule has 0 amide bonds. The van der Waals surface area contributed by atoms with Crippen LogP contribution in [0.1, 0.15) is 34.0 Å². The van der Waals surface area contributed by atoms with E-state index >= 15 is 0 Å². The van der Waals surface area contributed by atoms with Gasteiger partial charge in [-0.3, -0.25) is 9.59 Å². The van der Waals surface area contributed by atoms with Crippen LogP contribution in [0.2, 0.25) is 0 Å². The monoisotopic (exact) mass is 414 g/mol. The van der Waals surface area contributed by atoms with Gasteiger partial charge in [0.1, 0.15) is 17.2 Å². The number of allylic oxidation sites excluding steroid dienone is 1. The first kappa shape index (κ1) is 20.4. The van der Waals surface area contributed by atoms with Crippen molar-refractivity contribution in [2.24, 2.45) is 0 Å². The van der Waals surface area contributed by atoms with Gasteiger partial charge in [0.05, 0.1) is 19.1 Å². The number of carbonyl (C=O) groups excluding carboxylic acids is 2. The highest BCUT2D eigenvalue weighted by atomic mass is 16.5. The molecule has 0 N–H and O–H groups in total. The Bertz CT molecular complexity index is 1140. The topological polar surface area (TPSA) is 61.8 Å². The van der Waals surface area contributed by atoms with E-state index in [2.05, 4.69) is 6.92 Å². The minimum absolute atomic E-state index is 0.125. The van der Waals surface area contributed by atoms with Crippen molar-refractivity contribution in [2.75, 3.05) is 7.11 Å². The van der Waals surface area contributed by atoms with Crippen LogP contribution in [0, 0.1) is 0 Å². The second kappa shape index (κ2) is 8.88. The number of hydrogen-bond donors (Lipinski definition) is 0. The van der Waals surface area contributed by atoms with Gasteiger partial charge in [-0.2, -0.15) is 0 Å². The summed E-state index contributed by atoms with van der Waals surface area (Å²) in [6.07, 6.45) is 2.80. The number of ketones is 1. The first-order chi connectivity index (χ1) is 15.1. The van der Waals surface area contributed by atoms with Crippen molar-refractivity contribution in [3.05, 3.63) is 94.7 Å². The predicted molar refractivity (Wildman–Crippen MR) is 118 cm³/mol. The molecule has 4 rings (SSSR count). The molecule has 3 aromatic rings. The first-order valence-corrected chi connectivity index (χ1v) is 10.1. The fraction of sp³-hybridized carbons (Fsp3) is 0.154. The number of benzene rings is 3. The Morgan fingerprint density at radius 3 is 2.29 bits per heavy atom.